The second-order valence-electron chi connectivity index (χ2n) is 5.01. The number of halogens is 3. The van der Waals surface area contributed by atoms with Crippen LogP contribution in [0, 0.1) is 17.8 Å². The zero-order valence-electron chi connectivity index (χ0n) is 8.76. The Morgan fingerprint density at radius 2 is 2.06 bits per heavy atom. The summed E-state index contributed by atoms with van der Waals surface area (Å²) >= 11 is 13.0. The highest BCUT2D eigenvalue weighted by Crippen LogP contribution is 2.56. The van der Waals surface area contributed by atoms with E-state index in [9.17, 15) is 0 Å². The largest absolute Gasteiger partial charge is 0.131 e. The lowest BCUT2D eigenvalue weighted by atomic mass is 9.86. The van der Waals surface area contributed by atoms with Gasteiger partial charge in [0.15, 0.2) is 0 Å². The van der Waals surface area contributed by atoms with Crippen LogP contribution in [-0.4, -0.2) is 0 Å². The van der Waals surface area contributed by atoms with E-state index >= 15 is 0 Å². The van der Waals surface area contributed by atoms with E-state index in [1.807, 2.05) is 11.3 Å². The standard InChI is InChI=1S/C12H13Br3S/c13-9-5-10(16-12(9)15)11(14)8-4-6-1-2-7(8)3-6/h5-8,11H,1-4H2. The van der Waals surface area contributed by atoms with Crippen molar-refractivity contribution in [1.82, 2.24) is 0 Å². The zero-order valence-corrected chi connectivity index (χ0v) is 14.3. The van der Waals surface area contributed by atoms with Gasteiger partial charge in [-0.1, -0.05) is 22.4 Å². The van der Waals surface area contributed by atoms with Crippen LogP contribution in [0.15, 0.2) is 14.3 Å². The maximum atomic E-state index is 3.93. The molecule has 2 bridgehead atoms. The van der Waals surface area contributed by atoms with Gasteiger partial charge in [-0.25, -0.2) is 0 Å². The fourth-order valence-corrected chi connectivity index (χ4v) is 6.57. The maximum absolute atomic E-state index is 3.93. The van der Waals surface area contributed by atoms with Gasteiger partial charge in [-0.3, -0.25) is 0 Å². The molecule has 1 aromatic heterocycles. The Bertz CT molecular complexity index is 381. The molecule has 0 aromatic carbocycles. The molecule has 88 valence electrons. The van der Waals surface area contributed by atoms with E-state index in [0.717, 1.165) is 17.8 Å². The molecule has 16 heavy (non-hydrogen) atoms. The van der Waals surface area contributed by atoms with E-state index in [1.165, 1.54) is 38.8 Å². The fraction of sp³-hybridized carbons (Fsp3) is 0.667. The van der Waals surface area contributed by atoms with E-state index in [2.05, 4.69) is 53.9 Å². The second-order valence-corrected chi connectivity index (χ2v) is 9.25. The molecular weight excluding hydrogens is 416 g/mol. The van der Waals surface area contributed by atoms with Gasteiger partial charge in [0.1, 0.15) is 0 Å². The molecule has 3 rings (SSSR count). The molecule has 1 heterocycles. The zero-order chi connectivity index (χ0) is 11.3. The Morgan fingerprint density at radius 1 is 1.25 bits per heavy atom. The monoisotopic (exact) mass is 426 g/mol. The molecule has 0 N–H and O–H groups in total. The molecule has 1 aromatic rings. The van der Waals surface area contributed by atoms with E-state index in [-0.39, 0.29) is 0 Å². The number of hydrogen-bond donors (Lipinski definition) is 0. The summed E-state index contributed by atoms with van der Waals surface area (Å²) in [6.07, 6.45) is 5.87. The summed E-state index contributed by atoms with van der Waals surface area (Å²) in [6, 6.07) is 2.26. The van der Waals surface area contributed by atoms with Crippen molar-refractivity contribution in [2.75, 3.05) is 0 Å². The number of fused-ring (bicyclic) bond motifs is 2. The Kier molecular flexibility index (Phi) is 3.56. The van der Waals surface area contributed by atoms with Crippen molar-refractivity contribution < 1.29 is 0 Å². The average Bonchev–Trinajstić information content (AvgIpc) is 2.94. The molecule has 4 atom stereocenters. The van der Waals surface area contributed by atoms with Crippen LogP contribution in [0.2, 0.25) is 0 Å². The van der Waals surface area contributed by atoms with Crippen LogP contribution < -0.4 is 0 Å². The predicted octanol–water partition coefficient (Wildman–Crippen LogP) is 6.15. The summed E-state index contributed by atoms with van der Waals surface area (Å²) in [6.45, 7) is 0. The van der Waals surface area contributed by atoms with Gasteiger partial charge in [0.25, 0.3) is 0 Å². The maximum Gasteiger partial charge on any atom is 0.0843 e. The molecule has 2 aliphatic rings. The molecular formula is C12H13Br3S. The van der Waals surface area contributed by atoms with Gasteiger partial charge < -0.3 is 0 Å². The van der Waals surface area contributed by atoms with Gasteiger partial charge in [-0.15, -0.1) is 11.3 Å². The Labute approximate surface area is 126 Å². The third kappa shape index (κ3) is 2.08. The van der Waals surface area contributed by atoms with Gasteiger partial charge >= 0.3 is 0 Å². The van der Waals surface area contributed by atoms with Crippen molar-refractivity contribution in [1.29, 1.82) is 0 Å². The third-order valence-corrected chi connectivity index (χ3v) is 8.92. The Hall–Kier alpha value is 1.14. The first-order valence-electron chi connectivity index (χ1n) is 5.74. The lowest BCUT2D eigenvalue weighted by Crippen LogP contribution is -2.14. The summed E-state index contributed by atoms with van der Waals surface area (Å²) in [5.41, 5.74) is 0. The van der Waals surface area contributed by atoms with Gasteiger partial charge in [0.2, 0.25) is 0 Å². The van der Waals surface area contributed by atoms with E-state index in [1.54, 1.807) is 0 Å². The van der Waals surface area contributed by atoms with Gasteiger partial charge in [-0.2, -0.15) is 0 Å². The molecule has 0 amide bonds. The smallest absolute Gasteiger partial charge is 0.0843 e. The highest BCUT2D eigenvalue weighted by molar-refractivity contribution is 9.13. The first kappa shape index (κ1) is 12.2. The van der Waals surface area contributed by atoms with Crippen molar-refractivity contribution in [2.24, 2.45) is 17.8 Å². The molecule has 0 radical (unpaired) electrons. The van der Waals surface area contributed by atoms with Crippen LogP contribution in [0.5, 0.6) is 0 Å². The Balaban J connectivity index is 1.80. The SMILES string of the molecule is Brc1cc(C(Br)C2CC3CCC2C3)sc1Br. The predicted molar refractivity (Wildman–Crippen MR) is 80.3 cm³/mol. The quantitative estimate of drug-likeness (QED) is 0.496. The van der Waals surface area contributed by atoms with Crippen LogP contribution in [0.3, 0.4) is 0 Å². The normalized spacial score (nSPS) is 34.6. The van der Waals surface area contributed by atoms with Crippen LogP contribution in [0.4, 0.5) is 0 Å². The summed E-state index contributed by atoms with van der Waals surface area (Å²) in [5, 5.41) is 0. The topological polar surface area (TPSA) is 0 Å². The van der Waals surface area contributed by atoms with E-state index < -0.39 is 0 Å². The van der Waals surface area contributed by atoms with Gasteiger partial charge in [0, 0.05) is 9.35 Å². The average molecular weight is 429 g/mol. The minimum absolute atomic E-state index is 0.565. The highest BCUT2D eigenvalue weighted by Gasteiger charge is 2.43. The van der Waals surface area contributed by atoms with Crippen molar-refractivity contribution in [3.8, 4) is 0 Å². The van der Waals surface area contributed by atoms with Crippen molar-refractivity contribution >= 4 is 59.1 Å². The second kappa shape index (κ2) is 4.67. The number of hydrogen-bond acceptors (Lipinski definition) is 1. The molecule has 0 aliphatic heterocycles. The van der Waals surface area contributed by atoms with Crippen molar-refractivity contribution in [3.05, 3.63) is 19.2 Å². The lowest BCUT2D eigenvalue weighted by Gasteiger charge is -2.25. The molecule has 0 saturated heterocycles. The lowest BCUT2D eigenvalue weighted by molar-refractivity contribution is 0.331. The molecule has 2 aliphatic carbocycles. The number of thiophene rings is 1. The third-order valence-electron chi connectivity index (χ3n) is 4.10. The molecule has 0 nitrogen and oxygen atoms in total. The van der Waals surface area contributed by atoms with E-state index in [0.29, 0.717) is 4.83 Å². The minimum Gasteiger partial charge on any atom is -0.131 e. The molecule has 4 heteroatoms. The van der Waals surface area contributed by atoms with Gasteiger partial charge in [-0.05, 0) is 74.9 Å². The van der Waals surface area contributed by atoms with Crippen LogP contribution in [-0.2, 0) is 0 Å². The van der Waals surface area contributed by atoms with Crippen molar-refractivity contribution in [2.45, 2.75) is 30.5 Å². The first-order valence-corrected chi connectivity index (χ1v) is 9.05. The molecule has 4 unspecified atom stereocenters. The molecule has 2 saturated carbocycles. The number of alkyl halides is 1. The molecule has 0 spiro atoms. The van der Waals surface area contributed by atoms with Crippen LogP contribution >= 0.6 is 59.1 Å². The Morgan fingerprint density at radius 3 is 2.56 bits per heavy atom. The van der Waals surface area contributed by atoms with Crippen LogP contribution in [0.25, 0.3) is 0 Å². The summed E-state index contributed by atoms with van der Waals surface area (Å²) < 4.78 is 2.41. The van der Waals surface area contributed by atoms with Gasteiger partial charge in [0.05, 0.1) is 8.61 Å². The van der Waals surface area contributed by atoms with Crippen molar-refractivity contribution in [3.63, 3.8) is 0 Å². The fourth-order valence-electron chi connectivity index (χ4n) is 3.36. The summed E-state index contributed by atoms with van der Waals surface area (Å²) in [4.78, 5) is 2.03. The number of rotatable bonds is 2. The van der Waals surface area contributed by atoms with E-state index in [4.69, 9.17) is 0 Å². The summed E-state index contributed by atoms with van der Waals surface area (Å²) in [7, 11) is 0. The summed E-state index contributed by atoms with van der Waals surface area (Å²) in [5.74, 6) is 2.88. The minimum atomic E-state index is 0.565. The highest BCUT2D eigenvalue weighted by atomic mass is 79.9. The first-order chi connectivity index (χ1) is 7.65. The molecule has 2 fully saturated rings. The van der Waals surface area contributed by atoms with Crippen LogP contribution in [0.1, 0.15) is 35.4 Å².